The van der Waals surface area contributed by atoms with Gasteiger partial charge in [-0.05, 0) is 12.3 Å². The Balaban J connectivity index is 3.01. The minimum atomic E-state index is -0.295. The van der Waals surface area contributed by atoms with E-state index in [4.69, 9.17) is 5.90 Å². The summed E-state index contributed by atoms with van der Waals surface area (Å²) >= 11 is 0. The smallest absolute Gasteiger partial charge is 0.324 e. The van der Waals surface area contributed by atoms with Gasteiger partial charge in [0.1, 0.15) is 0 Å². The summed E-state index contributed by atoms with van der Waals surface area (Å²) < 4.78 is 0. The first kappa shape index (κ1) is 15.4. The summed E-state index contributed by atoms with van der Waals surface area (Å²) in [7, 11) is 0. The molecule has 0 saturated carbocycles. The fourth-order valence-electron chi connectivity index (χ4n) is 1.76. The van der Waals surface area contributed by atoms with Crippen LogP contribution in [0.15, 0.2) is 0 Å². The van der Waals surface area contributed by atoms with Gasteiger partial charge in [0.15, 0.2) is 0 Å². The molecular weight excluding hydrogens is 202 g/mol. The van der Waals surface area contributed by atoms with Crippen LogP contribution in [0.1, 0.15) is 71.6 Å². The van der Waals surface area contributed by atoms with Gasteiger partial charge in [-0.25, -0.2) is 0 Å². The van der Waals surface area contributed by atoms with Gasteiger partial charge >= 0.3 is 5.97 Å². The second-order valence-corrected chi connectivity index (χ2v) is 4.90. The Morgan fingerprint density at radius 3 is 2.00 bits per heavy atom. The molecule has 0 aliphatic heterocycles. The Morgan fingerprint density at radius 2 is 1.50 bits per heavy atom. The molecule has 0 fully saturated rings. The van der Waals surface area contributed by atoms with Gasteiger partial charge < -0.3 is 4.84 Å². The number of nitrogens with two attached hydrogens (primary N) is 1. The van der Waals surface area contributed by atoms with E-state index in [2.05, 4.69) is 18.7 Å². The topological polar surface area (TPSA) is 52.3 Å². The molecule has 0 spiro atoms. The van der Waals surface area contributed by atoms with Crippen LogP contribution in [0.5, 0.6) is 0 Å². The molecule has 0 aliphatic carbocycles. The second kappa shape index (κ2) is 10.9. The standard InChI is InChI=1S/C13H27NO2/c1-12(2)10-8-6-4-3-5-7-9-11-13(15)16-14/h12H,3-11,14H2,1-2H3. The van der Waals surface area contributed by atoms with Crippen molar-refractivity contribution in [2.75, 3.05) is 0 Å². The number of rotatable bonds is 10. The lowest BCUT2D eigenvalue weighted by atomic mass is 10.0. The van der Waals surface area contributed by atoms with Crippen molar-refractivity contribution >= 4 is 5.97 Å². The molecule has 16 heavy (non-hydrogen) atoms. The van der Waals surface area contributed by atoms with Gasteiger partial charge in [-0.1, -0.05) is 58.8 Å². The van der Waals surface area contributed by atoms with Crippen LogP contribution in [0, 0.1) is 5.92 Å². The molecule has 0 radical (unpaired) electrons. The largest absolute Gasteiger partial charge is 0.373 e. The molecule has 0 rings (SSSR count). The minimum absolute atomic E-state index is 0.295. The lowest BCUT2D eigenvalue weighted by Crippen LogP contribution is -2.08. The van der Waals surface area contributed by atoms with Crippen molar-refractivity contribution in [2.24, 2.45) is 11.8 Å². The highest BCUT2D eigenvalue weighted by Crippen LogP contribution is 2.12. The first-order valence-electron chi connectivity index (χ1n) is 6.56. The minimum Gasteiger partial charge on any atom is -0.373 e. The zero-order chi connectivity index (χ0) is 12.2. The quantitative estimate of drug-likeness (QED) is 0.460. The number of unbranched alkanes of at least 4 members (excludes halogenated alkanes) is 6. The van der Waals surface area contributed by atoms with Crippen LogP contribution in [0.4, 0.5) is 0 Å². The maximum Gasteiger partial charge on any atom is 0.324 e. The molecule has 0 unspecified atom stereocenters. The van der Waals surface area contributed by atoms with Crippen molar-refractivity contribution < 1.29 is 9.63 Å². The van der Waals surface area contributed by atoms with Crippen LogP contribution in [0.25, 0.3) is 0 Å². The molecule has 0 atom stereocenters. The summed E-state index contributed by atoms with van der Waals surface area (Å²) in [5.74, 6) is 5.28. The normalized spacial score (nSPS) is 10.8. The molecule has 0 amide bonds. The second-order valence-electron chi connectivity index (χ2n) is 4.90. The molecule has 3 nitrogen and oxygen atoms in total. The van der Waals surface area contributed by atoms with Crippen LogP contribution < -0.4 is 5.90 Å². The first-order chi connectivity index (χ1) is 7.66. The summed E-state index contributed by atoms with van der Waals surface area (Å²) in [6.07, 6.45) is 10.4. The molecule has 2 N–H and O–H groups in total. The summed E-state index contributed by atoms with van der Waals surface area (Å²) in [5, 5.41) is 0. The molecule has 96 valence electrons. The fourth-order valence-corrected chi connectivity index (χ4v) is 1.76. The Labute approximate surface area is 99.7 Å². The highest BCUT2D eigenvalue weighted by molar-refractivity contribution is 5.68. The molecule has 0 saturated heterocycles. The molecule has 3 heteroatoms. The fraction of sp³-hybridized carbons (Fsp3) is 0.923. The Hall–Kier alpha value is -0.570. The van der Waals surface area contributed by atoms with Gasteiger partial charge in [0.2, 0.25) is 0 Å². The van der Waals surface area contributed by atoms with E-state index in [1.807, 2.05) is 0 Å². The van der Waals surface area contributed by atoms with E-state index in [0.29, 0.717) is 6.42 Å². The maximum absolute atomic E-state index is 10.7. The Bertz CT molecular complexity index is 169. The van der Waals surface area contributed by atoms with Crippen molar-refractivity contribution in [3.8, 4) is 0 Å². The Kier molecular flexibility index (Phi) is 10.5. The summed E-state index contributed by atoms with van der Waals surface area (Å²) in [6, 6.07) is 0. The van der Waals surface area contributed by atoms with E-state index in [9.17, 15) is 4.79 Å². The van der Waals surface area contributed by atoms with Crippen LogP contribution in [-0.4, -0.2) is 5.97 Å². The summed E-state index contributed by atoms with van der Waals surface area (Å²) in [6.45, 7) is 4.55. The van der Waals surface area contributed by atoms with Gasteiger partial charge in [-0.2, -0.15) is 5.90 Å². The SMILES string of the molecule is CC(C)CCCCCCCCCC(=O)ON. The lowest BCUT2D eigenvalue weighted by molar-refractivity contribution is -0.144. The average Bonchev–Trinajstić information content (AvgIpc) is 2.26. The lowest BCUT2D eigenvalue weighted by Gasteiger charge is -2.04. The van der Waals surface area contributed by atoms with Crippen LogP contribution >= 0.6 is 0 Å². The van der Waals surface area contributed by atoms with Gasteiger partial charge in [0.25, 0.3) is 0 Å². The van der Waals surface area contributed by atoms with Gasteiger partial charge in [0, 0.05) is 6.42 Å². The monoisotopic (exact) mass is 229 g/mol. The van der Waals surface area contributed by atoms with E-state index >= 15 is 0 Å². The average molecular weight is 229 g/mol. The van der Waals surface area contributed by atoms with Gasteiger partial charge in [-0.15, -0.1) is 0 Å². The number of carbonyl (C=O) groups excluding carboxylic acids is 1. The molecule has 0 aromatic rings. The molecular formula is C13H27NO2. The number of hydrogen-bond acceptors (Lipinski definition) is 3. The molecule has 0 aliphatic rings. The molecule has 0 bridgehead atoms. The number of hydrogen-bond donors (Lipinski definition) is 1. The van der Waals surface area contributed by atoms with E-state index in [1.165, 1.54) is 38.5 Å². The van der Waals surface area contributed by atoms with Gasteiger partial charge in [-0.3, -0.25) is 4.79 Å². The zero-order valence-electron chi connectivity index (χ0n) is 10.8. The van der Waals surface area contributed by atoms with Crippen molar-refractivity contribution in [2.45, 2.75) is 71.6 Å². The predicted octanol–water partition coefficient (Wildman–Crippen LogP) is 3.57. The number of carbonyl (C=O) groups is 1. The third-order valence-corrected chi connectivity index (χ3v) is 2.79. The molecule has 0 aromatic carbocycles. The van der Waals surface area contributed by atoms with Crippen LogP contribution in [0.2, 0.25) is 0 Å². The maximum atomic E-state index is 10.7. The predicted molar refractivity (Wildman–Crippen MR) is 66.7 cm³/mol. The third kappa shape index (κ3) is 11.5. The van der Waals surface area contributed by atoms with Crippen molar-refractivity contribution in [3.05, 3.63) is 0 Å². The first-order valence-corrected chi connectivity index (χ1v) is 6.56. The van der Waals surface area contributed by atoms with E-state index in [1.54, 1.807) is 0 Å². The molecule has 0 heterocycles. The molecule has 0 aromatic heterocycles. The zero-order valence-corrected chi connectivity index (χ0v) is 10.8. The van der Waals surface area contributed by atoms with E-state index in [0.717, 1.165) is 18.8 Å². The van der Waals surface area contributed by atoms with E-state index in [-0.39, 0.29) is 5.97 Å². The highest BCUT2D eigenvalue weighted by atomic mass is 16.7. The van der Waals surface area contributed by atoms with E-state index < -0.39 is 0 Å². The van der Waals surface area contributed by atoms with Gasteiger partial charge in [0.05, 0.1) is 0 Å². The Morgan fingerprint density at radius 1 is 1.00 bits per heavy atom. The van der Waals surface area contributed by atoms with Crippen molar-refractivity contribution in [3.63, 3.8) is 0 Å². The van der Waals surface area contributed by atoms with Crippen molar-refractivity contribution in [1.29, 1.82) is 0 Å². The van der Waals surface area contributed by atoms with Crippen molar-refractivity contribution in [1.82, 2.24) is 0 Å². The van der Waals surface area contributed by atoms with Crippen LogP contribution in [-0.2, 0) is 9.63 Å². The summed E-state index contributed by atoms with van der Waals surface area (Å²) in [5.41, 5.74) is 0. The summed E-state index contributed by atoms with van der Waals surface area (Å²) in [4.78, 5) is 14.8. The van der Waals surface area contributed by atoms with Crippen LogP contribution in [0.3, 0.4) is 0 Å². The highest BCUT2D eigenvalue weighted by Gasteiger charge is 1.99. The third-order valence-electron chi connectivity index (χ3n) is 2.79.